The van der Waals surface area contributed by atoms with Crippen LogP contribution in [0.3, 0.4) is 0 Å². The first-order chi connectivity index (χ1) is 14.6. The van der Waals surface area contributed by atoms with E-state index in [9.17, 15) is 4.39 Å². The van der Waals surface area contributed by atoms with Crippen molar-refractivity contribution in [3.63, 3.8) is 0 Å². The fourth-order valence-electron chi connectivity index (χ4n) is 3.11. The van der Waals surface area contributed by atoms with Gasteiger partial charge in [0.25, 0.3) is 0 Å². The zero-order chi connectivity index (χ0) is 20.9. The first kappa shape index (κ1) is 20.6. The van der Waals surface area contributed by atoms with Gasteiger partial charge < -0.3 is 24.3 Å². The molecule has 2 aromatic carbocycles. The highest BCUT2D eigenvalue weighted by Gasteiger charge is 2.16. The maximum absolute atomic E-state index is 13.4. The maximum Gasteiger partial charge on any atom is 0.162 e. The van der Waals surface area contributed by atoms with Crippen LogP contribution in [0.4, 0.5) is 15.9 Å². The summed E-state index contributed by atoms with van der Waals surface area (Å²) in [5, 5.41) is 3.89. The van der Waals surface area contributed by atoms with Crippen molar-refractivity contribution in [2.45, 2.75) is 19.1 Å². The van der Waals surface area contributed by atoms with E-state index in [1.165, 1.54) is 18.5 Å². The van der Waals surface area contributed by atoms with Crippen LogP contribution in [0.1, 0.15) is 12.8 Å². The molecule has 1 N–H and O–H groups in total. The van der Waals surface area contributed by atoms with Gasteiger partial charge in [-0.3, -0.25) is 0 Å². The standard InChI is InChI=1S/C21H21ClFN3O4/c1-27-18-11-17-14(10-19(18)28-8-5-20-29-6-2-7-30-20)21(25-12-24-17)26-13-3-4-16(23)15(22)9-13/h3-4,9-12,20H,2,5-8H2,1H3,(H,24,25,26). The van der Waals surface area contributed by atoms with E-state index in [1.807, 2.05) is 6.07 Å². The number of aromatic nitrogens is 2. The van der Waals surface area contributed by atoms with Crippen LogP contribution in [0.5, 0.6) is 11.5 Å². The fraction of sp³-hybridized carbons (Fsp3) is 0.333. The quantitative estimate of drug-likeness (QED) is 0.578. The van der Waals surface area contributed by atoms with Crippen LogP contribution in [-0.2, 0) is 9.47 Å². The Labute approximate surface area is 178 Å². The number of fused-ring (bicyclic) bond motifs is 1. The van der Waals surface area contributed by atoms with Crippen molar-refractivity contribution in [1.29, 1.82) is 0 Å². The third-order valence-corrected chi connectivity index (χ3v) is 4.90. The Bertz CT molecular complexity index is 1030. The van der Waals surface area contributed by atoms with E-state index >= 15 is 0 Å². The predicted molar refractivity (Wildman–Crippen MR) is 111 cm³/mol. The number of hydrogen-bond acceptors (Lipinski definition) is 7. The Balaban J connectivity index is 1.57. The summed E-state index contributed by atoms with van der Waals surface area (Å²) in [6.45, 7) is 1.80. The molecule has 1 aliphatic rings. The lowest BCUT2D eigenvalue weighted by Crippen LogP contribution is -2.26. The summed E-state index contributed by atoms with van der Waals surface area (Å²) >= 11 is 5.88. The maximum atomic E-state index is 13.4. The summed E-state index contributed by atoms with van der Waals surface area (Å²) in [5.74, 6) is 1.16. The highest BCUT2D eigenvalue weighted by molar-refractivity contribution is 6.31. The number of anilines is 2. The Morgan fingerprint density at radius 3 is 2.77 bits per heavy atom. The highest BCUT2D eigenvalue weighted by Crippen LogP contribution is 2.35. The van der Waals surface area contributed by atoms with Crippen molar-refractivity contribution >= 4 is 34.0 Å². The Morgan fingerprint density at radius 2 is 2.00 bits per heavy atom. The Morgan fingerprint density at radius 1 is 1.17 bits per heavy atom. The fourth-order valence-corrected chi connectivity index (χ4v) is 3.30. The van der Waals surface area contributed by atoms with Gasteiger partial charge in [-0.2, -0.15) is 0 Å². The molecule has 0 amide bonds. The minimum Gasteiger partial charge on any atom is -0.493 e. The zero-order valence-electron chi connectivity index (χ0n) is 16.4. The highest BCUT2D eigenvalue weighted by atomic mass is 35.5. The first-order valence-corrected chi connectivity index (χ1v) is 9.92. The third-order valence-electron chi connectivity index (χ3n) is 4.61. The lowest BCUT2D eigenvalue weighted by Gasteiger charge is -2.23. The molecule has 1 saturated heterocycles. The summed E-state index contributed by atoms with van der Waals surface area (Å²) in [6.07, 6.45) is 2.69. The van der Waals surface area contributed by atoms with E-state index in [4.69, 9.17) is 30.5 Å². The number of benzene rings is 2. The monoisotopic (exact) mass is 433 g/mol. The Kier molecular flexibility index (Phi) is 6.47. The summed E-state index contributed by atoms with van der Waals surface area (Å²) < 4.78 is 35.9. The molecule has 3 aromatic rings. The lowest BCUT2D eigenvalue weighted by atomic mass is 10.2. The molecule has 0 atom stereocenters. The van der Waals surface area contributed by atoms with Crippen LogP contribution in [-0.4, -0.2) is 43.2 Å². The molecule has 0 spiro atoms. The van der Waals surface area contributed by atoms with Crippen molar-refractivity contribution in [2.24, 2.45) is 0 Å². The molecule has 0 saturated carbocycles. The second kappa shape index (κ2) is 9.42. The van der Waals surface area contributed by atoms with Gasteiger partial charge in [0.05, 0.1) is 37.5 Å². The number of halogens is 2. The normalized spacial score (nSPS) is 14.6. The minimum absolute atomic E-state index is 0.0243. The largest absolute Gasteiger partial charge is 0.493 e. The smallest absolute Gasteiger partial charge is 0.162 e. The molecule has 1 aliphatic heterocycles. The second-order valence-electron chi connectivity index (χ2n) is 6.66. The van der Waals surface area contributed by atoms with E-state index < -0.39 is 5.82 Å². The predicted octanol–water partition coefficient (Wildman–Crippen LogP) is 4.71. The SMILES string of the molecule is COc1cc2ncnc(Nc3ccc(F)c(Cl)c3)c2cc1OCCC1OCCCO1. The summed E-state index contributed by atoms with van der Waals surface area (Å²) in [4.78, 5) is 8.62. The molecule has 0 unspecified atom stereocenters. The number of rotatable bonds is 7. The van der Waals surface area contributed by atoms with E-state index in [0.29, 0.717) is 54.8 Å². The number of nitrogens with one attached hydrogen (secondary N) is 1. The summed E-state index contributed by atoms with van der Waals surface area (Å²) in [7, 11) is 1.57. The van der Waals surface area contributed by atoms with Gasteiger partial charge in [-0.25, -0.2) is 14.4 Å². The topological polar surface area (TPSA) is 74.7 Å². The molecule has 0 bridgehead atoms. The van der Waals surface area contributed by atoms with E-state index in [1.54, 1.807) is 19.2 Å². The molecule has 7 nitrogen and oxygen atoms in total. The molecule has 4 rings (SSSR count). The second-order valence-corrected chi connectivity index (χ2v) is 7.07. The summed E-state index contributed by atoms with van der Waals surface area (Å²) in [5.41, 5.74) is 1.27. The molecular formula is C21H21ClFN3O4. The molecule has 1 fully saturated rings. The van der Waals surface area contributed by atoms with Crippen molar-refractivity contribution < 1.29 is 23.3 Å². The summed E-state index contributed by atoms with van der Waals surface area (Å²) in [6, 6.07) is 7.96. The average molecular weight is 434 g/mol. The van der Waals surface area contributed by atoms with Crippen LogP contribution in [0.15, 0.2) is 36.7 Å². The molecule has 9 heteroatoms. The van der Waals surface area contributed by atoms with E-state index in [0.717, 1.165) is 11.8 Å². The minimum atomic E-state index is -0.485. The van der Waals surface area contributed by atoms with Gasteiger partial charge in [0, 0.05) is 23.6 Å². The van der Waals surface area contributed by atoms with Crippen LogP contribution >= 0.6 is 11.6 Å². The van der Waals surface area contributed by atoms with E-state index in [-0.39, 0.29) is 11.3 Å². The van der Waals surface area contributed by atoms with Crippen LogP contribution in [0.25, 0.3) is 10.9 Å². The average Bonchev–Trinajstić information content (AvgIpc) is 2.77. The molecule has 30 heavy (non-hydrogen) atoms. The van der Waals surface area contributed by atoms with Gasteiger partial charge in [-0.1, -0.05) is 11.6 Å². The molecular weight excluding hydrogens is 413 g/mol. The molecule has 0 radical (unpaired) electrons. The van der Waals surface area contributed by atoms with Gasteiger partial charge in [0.1, 0.15) is 18.0 Å². The number of ether oxygens (including phenoxy) is 4. The van der Waals surface area contributed by atoms with Gasteiger partial charge in [0.2, 0.25) is 0 Å². The Hall–Kier alpha value is -2.68. The zero-order valence-corrected chi connectivity index (χ0v) is 17.1. The van der Waals surface area contributed by atoms with Crippen molar-refractivity contribution in [1.82, 2.24) is 9.97 Å². The van der Waals surface area contributed by atoms with Crippen molar-refractivity contribution in [2.75, 3.05) is 32.2 Å². The van der Waals surface area contributed by atoms with Gasteiger partial charge in [-0.05, 0) is 30.7 Å². The van der Waals surface area contributed by atoms with Crippen LogP contribution < -0.4 is 14.8 Å². The number of hydrogen-bond donors (Lipinski definition) is 1. The van der Waals surface area contributed by atoms with Gasteiger partial charge >= 0.3 is 0 Å². The first-order valence-electron chi connectivity index (χ1n) is 9.55. The van der Waals surface area contributed by atoms with Crippen molar-refractivity contribution in [3.8, 4) is 11.5 Å². The lowest BCUT2D eigenvalue weighted by molar-refractivity contribution is -0.183. The molecule has 2 heterocycles. The number of methoxy groups -OCH3 is 1. The van der Waals surface area contributed by atoms with Crippen molar-refractivity contribution in [3.05, 3.63) is 47.5 Å². The molecule has 0 aliphatic carbocycles. The number of nitrogens with zero attached hydrogens (tertiary/aromatic N) is 2. The molecule has 158 valence electrons. The third kappa shape index (κ3) is 4.72. The van der Waals surface area contributed by atoms with Crippen LogP contribution in [0, 0.1) is 5.82 Å². The van der Waals surface area contributed by atoms with Gasteiger partial charge in [-0.15, -0.1) is 0 Å². The van der Waals surface area contributed by atoms with Gasteiger partial charge in [0.15, 0.2) is 17.8 Å². The van der Waals surface area contributed by atoms with E-state index in [2.05, 4.69) is 15.3 Å². The van der Waals surface area contributed by atoms with Crippen LogP contribution in [0.2, 0.25) is 5.02 Å². The molecule has 1 aromatic heterocycles.